The number of nitrogens with zero attached hydrogens (tertiary/aromatic N) is 1. The summed E-state index contributed by atoms with van der Waals surface area (Å²) in [5.74, 6) is 1.77. The van der Waals surface area contributed by atoms with Crippen molar-refractivity contribution in [3.63, 3.8) is 0 Å². The minimum absolute atomic E-state index is 0.337. The van der Waals surface area contributed by atoms with Crippen LogP contribution < -0.4 is 5.32 Å². The molecule has 2 nitrogen and oxygen atoms in total. The average Bonchev–Trinajstić information content (AvgIpc) is 2.79. The topological polar surface area (TPSA) is 15.3 Å². The third-order valence-electron chi connectivity index (χ3n) is 5.16. The smallest absolute Gasteiger partial charge is 0.0278 e. The molecular weight excluding hydrogens is 220 g/mol. The van der Waals surface area contributed by atoms with Crippen LogP contribution in [0.15, 0.2) is 0 Å². The van der Waals surface area contributed by atoms with Crippen LogP contribution >= 0.6 is 0 Å². The summed E-state index contributed by atoms with van der Waals surface area (Å²) in [6, 6.07) is 0.682. The van der Waals surface area contributed by atoms with Gasteiger partial charge in [-0.25, -0.2) is 0 Å². The minimum Gasteiger partial charge on any atom is -0.311 e. The fourth-order valence-electron chi connectivity index (χ4n) is 3.52. The molecule has 0 aromatic heterocycles. The second-order valence-corrected chi connectivity index (χ2v) is 7.43. The summed E-state index contributed by atoms with van der Waals surface area (Å²) >= 11 is 0. The van der Waals surface area contributed by atoms with E-state index in [2.05, 4.69) is 37.9 Å². The quantitative estimate of drug-likeness (QED) is 0.826. The van der Waals surface area contributed by atoms with E-state index in [0.717, 1.165) is 18.4 Å². The number of hydrogen-bond acceptors (Lipinski definition) is 2. The molecule has 0 bridgehead atoms. The molecule has 2 fully saturated rings. The van der Waals surface area contributed by atoms with E-state index in [-0.39, 0.29) is 0 Å². The zero-order valence-corrected chi connectivity index (χ0v) is 12.8. The van der Waals surface area contributed by atoms with Gasteiger partial charge in [-0.2, -0.15) is 0 Å². The normalized spacial score (nSPS) is 30.2. The first-order valence-electron chi connectivity index (χ1n) is 7.97. The van der Waals surface area contributed by atoms with Crippen molar-refractivity contribution >= 4 is 0 Å². The molecule has 106 valence electrons. The fraction of sp³-hybridized carbons (Fsp3) is 1.00. The van der Waals surface area contributed by atoms with E-state index in [1.54, 1.807) is 0 Å². The number of rotatable bonds is 4. The first kappa shape index (κ1) is 14.3. The van der Waals surface area contributed by atoms with E-state index in [1.165, 1.54) is 45.2 Å². The van der Waals surface area contributed by atoms with Gasteiger partial charge in [0.25, 0.3) is 0 Å². The maximum atomic E-state index is 3.73. The predicted molar refractivity (Wildman–Crippen MR) is 78.9 cm³/mol. The van der Waals surface area contributed by atoms with Crippen LogP contribution in [0.25, 0.3) is 0 Å². The third kappa shape index (κ3) is 3.48. The maximum Gasteiger partial charge on any atom is 0.0278 e. The van der Waals surface area contributed by atoms with Crippen molar-refractivity contribution in [2.24, 2.45) is 11.8 Å². The number of hydrogen-bond donors (Lipinski definition) is 1. The highest BCUT2D eigenvalue weighted by molar-refractivity contribution is 4.94. The van der Waals surface area contributed by atoms with Gasteiger partial charge in [0.15, 0.2) is 0 Å². The highest BCUT2D eigenvalue weighted by Gasteiger charge is 2.34. The Morgan fingerprint density at radius 2 is 1.89 bits per heavy atom. The van der Waals surface area contributed by atoms with Crippen molar-refractivity contribution in [3.8, 4) is 0 Å². The van der Waals surface area contributed by atoms with Crippen LogP contribution in [-0.4, -0.2) is 36.1 Å². The molecule has 2 rings (SSSR count). The van der Waals surface area contributed by atoms with Crippen molar-refractivity contribution in [2.45, 2.75) is 71.4 Å². The molecule has 0 aromatic rings. The van der Waals surface area contributed by atoms with Gasteiger partial charge in [-0.3, -0.25) is 4.90 Å². The SMILES string of the molecule is CC(C)C1CN(CCC2CCCC2)C(C)(C)CN1. The highest BCUT2D eigenvalue weighted by atomic mass is 15.3. The third-order valence-corrected chi connectivity index (χ3v) is 5.16. The molecule has 0 radical (unpaired) electrons. The zero-order chi connectivity index (χ0) is 13.2. The predicted octanol–water partition coefficient (Wildman–Crippen LogP) is 3.28. The first-order valence-corrected chi connectivity index (χ1v) is 7.97. The molecule has 0 aromatic carbocycles. The van der Waals surface area contributed by atoms with Crippen molar-refractivity contribution < 1.29 is 0 Å². The van der Waals surface area contributed by atoms with Gasteiger partial charge in [0, 0.05) is 24.7 Å². The Morgan fingerprint density at radius 3 is 2.50 bits per heavy atom. The van der Waals surface area contributed by atoms with E-state index < -0.39 is 0 Å². The number of nitrogens with one attached hydrogen (secondary N) is 1. The molecule has 0 amide bonds. The monoisotopic (exact) mass is 252 g/mol. The van der Waals surface area contributed by atoms with Crippen molar-refractivity contribution in [1.29, 1.82) is 0 Å². The number of piperazine rings is 1. The van der Waals surface area contributed by atoms with E-state index in [1.807, 2.05) is 0 Å². The van der Waals surface area contributed by atoms with E-state index in [0.29, 0.717) is 11.6 Å². The lowest BCUT2D eigenvalue weighted by atomic mass is 9.92. The Kier molecular flexibility index (Phi) is 4.71. The van der Waals surface area contributed by atoms with Crippen molar-refractivity contribution in [2.75, 3.05) is 19.6 Å². The van der Waals surface area contributed by atoms with Crippen LogP contribution in [0.1, 0.15) is 59.8 Å². The van der Waals surface area contributed by atoms with Crippen LogP contribution in [-0.2, 0) is 0 Å². The van der Waals surface area contributed by atoms with E-state index in [4.69, 9.17) is 0 Å². The largest absolute Gasteiger partial charge is 0.311 e. The molecule has 1 saturated carbocycles. The maximum absolute atomic E-state index is 3.73. The van der Waals surface area contributed by atoms with E-state index >= 15 is 0 Å². The van der Waals surface area contributed by atoms with Gasteiger partial charge in [0.2, 0.25) is 0 Å². The highest BCUT2D eigenvalue weighted by Crippen LogP contribution is 2.29. The zero-order valence-electron chi connectivity index (χ0n) is 12.8. The summed E-state index contributed by atoms with van der Waals surface area (Å²) in [6.07, 6.45) is 7.35. The molecule has 18 heavy (non-hydrogen) atoms. The molecule has 1 saturated heterocycles. The van der Waals surface area contributed by atoms with Crippen LogP contribution in [0.4, 0.5) is 0 Å². The second kappa shape index (κ2) is 5.92. The molecular formula is C16H32N2. The van der Waals surface area contributed by atoms with Gasteiger partial charge in [0.1, 0.15) is 0 Å². The lowest BCUT2D eigenvalue weighted by molar-refractivity contribution is 0.0497. The molecule has 2 heteroatoms. The fourth-order valence-corrected chi connectivity index (χ4v) is 3.52. The van der Waals surface area contributed by atoms with Gasteiger partial charge in [0.05, 0.1) is 0 Å². The first-order chi connectivity index (χ1) is 8.49. The van der Waals surface area contributed by atoms with Crippen LogP contribution in [0.2, 0.25) is 0 Å². The molecule has 1 heterocycles. The Morgan fingerprint density at radius 1 is 1.22 bits per heavy atom. The van der Waals surface area contributed by atoms with Gasteiger partial charge in [-0.05, 0) is 38.6 Å². The standard InChI is InChI=1S/C16H32N2/c1-13(2)15-11-18(16(3,4)12-17-15)10-9-14-7-5-6-8-14/h13-15,17H,5-12H2,1-4H3. The summed E-state index contributed by atoms with van der Waals surface area (Å²) < 4.78 is 0. The Labute approximate surface area is 114 Å². The van der Waals surface area contributed by atoms with E-state index in [9.17, 15) is 0 Å². The second-order valence-electron chi connectivity index (χ2n) is 7.43. The molecule has 1 aliphatic heterocycles. The summed E-state index contributed by atoms with van der Waals surface area (Å²) in [5.41, 5.74) is 0.337. The molecule has 1 N–H and O–H groups in total. The Balaban J connectivity index is 1.85. The lowest BCUT2D eigenvalue weighted by Crippen LogP contribution is -2.63. The van der Waals surface area contributed by atoms with Gasteiger partial charge < -0.3 is 5.32 Å². The molecule has 2 aliphatic rings. The average molecular weight is 252 g/mol. The summed E-state index contributed by atoms with van der Waals surface area (Å²) in [4.78, 5) is 2.74. The van der Waals surface area contributed by atoms with Gasteiger partial charge in [-0.15, -0.1) is 0 Å². The molecule has 1 aliphatic carbocycles. The molecule has 1 unspecified atom stereocenters. The van der Waals surface area contributed by atoms with Crippen molar-refractivity contribution in [3.05, 3.63) is 0 Å². The lowest BCUT2D eigenvalue weighted by Gasteiger charge is -2.47. The van der Waals surface area contributed by atoms with Crippen molar-refractivity contribution in [1.82, 2.24) is 10.2 Å². The van der Waals surface area contributed by atoms with Gasteiger partial charge >= 0.3 is 0 Å². The van der Waals surface area contributed by atoms with Gasteiger partial charge in [-0.1, -0.05) is 39.5 Å². The summed E-state index contributed by atoms with van der Waals surface area (Å²) in [7, 11) is 0. The van der Waals surface area contributed by atoms with Crippen LogP contribution in [0, 0.1) is 11.8 Å². The van der Waals surface area contributed by atoms with Crippen LogP contribution in [0.5, 0.6) is 0 Å². The summed E-state index contributed by atoms with van der Waals surface area (Å²) in [6.45, 7) is 13.1. The Hall–Kier alpha value is -0.0800. The summed E-state index contributed by atoms with van der Waals surface area (Å²) in [5, 5.41) is 3.73. The molecule has 0 spiro atoms. The van der Waals surface area contributed by atoms with Crippen LogP contribution in [0.3, 0.4) is 0 Å². The minimum atomic E-state index is 0.337. The Bertz CT molecular complexity index is 254. The molecule has 1 atom stereocenters.